The number of rotatable bonds is 30. The lowest BCUT2D eigenvalue weighted by molar-refractivity contribution is -0.141. The summed E-state index contributed by atoms with van der Waals surface area (Å²) in [7, 11) is 0. The van der Waals surface area contributed by atoms with Gasteiger partial charge in [-0.15, -0.1) is 0 Å². The molecule has 0 aromatic carbocycles. The molecule has 0 aromatic heterocycles. The molecule has 246 valence electrons. The van der Waals surface area contributed by atoms with Crippen LogP contribution in [0.25, 0.3) is 0 Å². The highest BCUT2D eigenvalue weighted by Gasteiger charge is 2.20. The van der Waals surface area contributed by atoms with E-state index in [-0.39, 0.29) is 5.92 Å². The molecule has 0 spiro atoms. The van der Waals surface area contributed by atoms with Crippen LogP contribution in [0, 0.1) is 41.4 Å². The molecule has 0 aliphatic rings. The molecule has 0 heterocycles. The second-order valence-electron chi connectivity index (χ2n) is 15.4. The average molecular weight is 579 g/mol. The van der Waals surface area contributed by atoms with Gasteiger partial charge in [0.1, 0.15) is 0 Å². The van der Waals surface area contributed by atoms with E-state index in [0.717, 1.165) is 36.5 Å². The minimum atomic E-state index is -0.653. The zero-order valence-corrected chi connectivity index (χ0v) is 29.7. The normalized spacial score (nSPS) is 17.1. The predicted octanol–water partition coefficient (Wildman–Crippen LogP) is 13.5. The Hall–Kier alpha value is -0.530. The topological polar surface area (TPSA) is 37.3 Å². The highest BCUT2D eigenvalue weighted by Crippen LogP contribution is 2.30. The van der Waals surface area contributed by atoms with Crippen molar-refractivity contribution in [3.63, 3.8) is 0 Å². The van der Waals surface area contributed by atoms with Crippen molar-refractivity contribution in [2.75, 3.05) is 0 Å². The van der Waals surface area contributed by atoms with Gasteiger partial charge in [0.25, 0.3) is 0 Å². The van der Waals surface area contributed by atoms with Crippen molar-refractivity contribution >= 4 is 5.97 Å². The van der Waals surface area contributed by atoms with Crippen LogP contribution in [-0.4, -0.2) is 11.1 Å². The molecule has 7 atom stereocenters. The van der Waals surface area contributed by atoms with Crippen molar-refractivity contribution in [2.24, 2.45) is 41.4 Å². The van der Waals surface area contributed by atoms with Crippen LogP contribution in [0.5, 0.6) is 0 Å². The molecule has 0 radical (unpaired) electrons. The second-order valence-corrected chi connectivity index (χ2v) is 15.4. The summed E-state index contributed by atoms with van der Waals surface area (Å²) in [4.78, 5) is 11.1. The molecular formula is C39H78O2. The molecule has 2 heteroatoms. The molecule has 0 aromatic rings. The molecule has 0 bridgehead atoms. The van der Waals surface area contributed by atoms with Crippen LogP contribution in [0.2, 0.25) is 0 Å². The van der Waals surface area contributed by atoms with Gasteiger partial charge in [0.05, 0.1) is 5.92 Å². The van der Waals surface area contributed by atoms with Crippen molar-refractivity contribution < 1.29 is 9.90 Å². The van der Waals surface area contributed by atoms with Crippen LogP contribution in [0.15, 0.2) is 0 Å². The molecule has 2 nitrogen and oxygen atoms in total. The Balaban J connectivity index is 3.72. The Morgan fingerprint density at radius 3 is 1.00 bits per heavy atom. The largest absolute Gasteiger partial charge is 0.481 e. The van der Waals surface area contributed by atoms with Crippen LogP contribution in [0.4, 0.5) is 0 Å². The summed E-state index contributed by atoms with van der Waals surface area (Å²) in [5.74, 6) is 3.59. The molecule has 0 rings (SSSR count). The minimum Gasteiger partial charge on any atom is -0.481 e. The van der Waals surface area contributed by atoms with Crippen molar-refractivity contribution in [1.29, 1.82) is 0 Å². The van der Waals surface area contributed by atoms with E-state index < -0.39 is 5.97 Å². The third-order valence-corrected chi connectivity index (χ3v) is 9.75. The molecule has 0 amide bonds. The van der Waals surface area contributed by atoms with E-state index in [1.807, 2.05) is 6.92 Å². The summed E-state index contributed by atoms with van der Waals surface area (Å²) in [6, 6.07) is 0. The van der Waals surface area contributed by atoms with Crippen LogP contribution in [0.1, 0.15) is 203 Å². The van der Waals surface area contributed by atoms with Crippen LogP contribution in [0.3, 0.4) is 0 Å². The van der Waals surface area contributed by atoms with Gasteiger partial charge in [-0.05, 0) is 74.0 Å². The fourth-order valence-electron chi connectivity index (χ4n) is 7.78. The van der Waals surface area contributed by atoms with Gasteiger partial charge in [0.15, 0.2) is 0 Å². The third-order valence-electron chi connectivity index (χ3n) is 9.75. The monoisotopic (exact) mass is 579 g/mol. The Morgan fingerprint density at radius 1 is 0.415 bits per heavy atom. The lowest BCUT2D eigenvalue weighted by Gasteiger charge is -2.25. The third kappa shape index (κ3) is 26.8. The lowest BCUT2D eigenvalue weighted by atomic mass is 9.81. The average Bonchev–Trinajstić information content (AvgIpc) is 2.87. The predicted molar refractivity (Wildman–Crippen MR) is 184 cm³/mol. The molecule has 0 aliphatic heterocycles. The van der Waals surface area contributed by atoms with Gasteiger partial charge in [-0.1, -0.05) is 165 Å². The number of carboxylic acids is 1. The molecule has 0 unspecified atom stereocenters. The first-order valence-corrected chi connectivity index (χ1v) is 18.8. The van der Waals surface area contributed by atoms with E-state index in [2.05, 4.69) is 48.5 Å². The molecule has 0 saturated carbocycles. The van der Waals surface area contributed by atoms with Gasteiger partial charge in [-0.2, -0.15) is 0 Å². The van der Waals surface area contributed by atoms with Crippen molar-refractivity contribution in [3.05, 3.63) is 0 Å². The standard InChI is InChI=1S/C39H78O2/c1-9-10-11-12-13-14-15-16-17-18-19-20-21-22-23-24-25-32(2)26-33(3)27-34(4)28-35(5)29-36(6)30-37(7)31-38(8)39(40)41/h32-38H,9-31H2,1-8H3,(H,40,41)/t32-,33-,34-,35-,36-,37-,38-/m0/s1. The summed E-state index contributed by atoms with van der Waals surface area (Å²) in [5.41, 5.74) is 0. The number of carboxylic acid groups (broad SMARTS) is 1. The molecule has 0 saturated heterocycles. The molecule has 1 N–H and O–H groups in total. The molecule has 0 aliphatic carbocycles. The number of hydrogen-bond donors (Lipinski definition) is 1. The van der Waals surface area contributed by atoms with Gasteiger partial charge in [-0.25, -0.2) is 0 Å². The molecular weight excluding hydrogens is 500 g/mol. The number of hydrogen-bond acceptors (Lipinski definition) is 1. The summed E-state index contributed by atoms with van der Waals surface area (Å²) in [5, 5.41) is 9.18. The zero-order valence-electron chi connectivity index (χ0n) is 29.7. The summed E-state index contributed by atoms with van der Waals surface area (Å²) < 4.78 is 0. The Labute approximate surface area is 260 Å². The van der Waals surface area contributed by atoms with Crippen molar-refractivity contribution in [2.45, 2.75) is 203 Å². The summed E-state index contributed by atoms with van der Waals surface area (Å²) >= 11 is 0. The van der Waals surface area contributed by atoms with Gasteiger partial charge in [0.2, 0.25) is 0 Å². The molecule has 41 heavy (non-hydrogen) atoms. The second kappa shape index (κ2) is 27.0. The van der Waals surface area contributed by atoms with E-state index in [9.17, 15) is 9.90 Å². The highest BCUT2D eigenvalue weighted by atomic mass is 16.4. The van der Waals surface area contributed by atoms with Crippen molar-refractivity contribution in [1.82, 2.24) is 0 Å². The lowest BCUT2D eigenvalue weighted by Crippen LogP contribution is -2.16. The van der Waals surface area contributed by atoms with E-state index in [1.165, 1.54) is 135 Å². The van der Waals surface area contributed by atoms with Crippen LogP contribution in [-0.2, 0) is 4.79 Å². The first kappa shape index (κ1) is 40.5. The highest BCUT2D eigenvalue weighted by molar-refractivity contribution is 5.69. The fraction of sp³-hybridized carbons (Fsp3) is 0.974. The Kier molecular flexibility index (Phi) is 26.7. The maximum atomic E-state index is 11.1. The van der Waals surface area contributed by atoms with Gasteiger partial charge in [-0.3, -0.25) is 4.79 Å². The van der Waals surface area contributed by atoms with E-state index in [1.54, 1.807) is 0 Å². The maximum Gasteiger partial charge on any atom is 0.306 e. The summed E-state index contributed by atoms with van der Waals surface area (Å²) in [6.07, 6.45) is 32.0. The number of aliphatic carboxylic acids is 1. The first-order valence-electron chi connectivity index (χ1n) is 18.8. The zero-order chi connectivity index (χ0) is 30.9. The number of unbranched alkanes of at least 4 members (excludes halogenated alkanes) is 15. The fourth-order valence-corrected chi connectivity index (χ4v) is 7.78. The Morgan fingerprint density at radius 2 is 0.683 bits per heavy atom. The SMILES string of the molecule is CCCCCCCCCCCCCCCCCC[C@H](C)C[C@H](C)C[C@H](C)C[C@H](C)C[C@H](C)C[C@H](C)C[C@H](C)C(=O)O. The molecule has 0 fully saturated rings. The van der Waals surface area contributed by atoms with Gasteiger partial charge >= 0.3 is 5.97 Å². The van der Waals surface area contributed by atoms with E-state index in [4.69, 9.17) is 0 Å². The minimum absolute atomic E-state index is 0.220. The van der Waals surface area contributed by atoms with Gasteiger partial charge in [0, 0.05) is 0 Å². The Bertz CT molecular complexity index is 572. The number of carbonyl (C=O) groups is 1. The van der Waals surface area contributed by atoms with E-state index >= 15 is 0 Å². The summed E-state index contributed by atoms with van der Waals surface area (Å²) in [6.45, 7) is 18.6. The maximum absolute atomic E-state index is 11.1. The van der Waals surface area contributed by atoms with Crippen LogP contribution < -0.4 is 0 Å². The van der Waals surface area contributed by atoms with E-state index in [0.29, 0.717) is 11.8 Å². The van der Waals surface area contributed by atoms with Crippen LogP contribution >= 0.6 is 0 Å². The van der Waals surface area contributed by atoms with Crippen molar-refractivity contribution in [3.8, 4) is 0 Å². The smallest absolute Gasteiger partial charge is 0.306 e. The van der Waals surface area contributed by atoms with Gasteiger partial charge < -0.3 is 5.11 Å². The quantitative estimate of drug-likeness (QED) is 0.0860. The first-order chi connectivity index (χ1) is 19.5.